The van der Waals surface area contributed by atoms with Gasteiger partial charge in [-0.25, -0.2) is 13.4 Å². The van der Waals surface area contributed by atoms with E-state index in [2.05, 4.69) is 4.98 Å². The van der Waals surface area contributed by atoms with Crippen molar-refractivity contribution in [3.8, 4) is 5.69 Å². The molecule has 0 N–H and O–H groups in total. The van der Waals surface area contributed by atoms with Crippen LogP contribution < -0.4 is 0 Å². The number of rotatable bonds is 3. The van der Waals surface area contributed by atoms with E-state index in [1.54, 1.807) is 41.0 Å². The molecule has 4 aromatic rings. The van der Waals surface area contributed by atoms with Gasteiger partial charge in [-0.05, 0) is 41.1 Å². The maximum absolute atomic E-state index is 12.9. The summed E-state index contributed by atoms with van der Waals surface area (Å²) in [5, 5.41) is 2.71. The first kappa shape index (κ1) is 17.1. The van der Waals surface area contributed by atoms with Crippen molar-refractivity contribution >= 4 is 43.8 Å². The van der Waals surface area contributed by atoms with Crippen molar-refractivity contribution in [3.05, 3.63) is 83.2 Å². The van der Waals surface area contributed by atoms with Gasteiger partial charge < -0.3 is 4.57 Å². The number of imidazole rings is 1. The quantitative estimate of drug-likeness (QED) is 0.475. The second-order valence-electron chi connectivity index (χ2n) is 5.76. The fourth-order valence-corrected chi connectivity index (χ4v) is 4.45. The van der Waals surface area contributed by atoms with Crippen molar-refractivity contribution < 1.29 is 8.42 Å². The fraction of sp³-hybridized carbons (Fsp3) is 0. The van der Waals surface area contributed by atoms with Gasteiger partial charge in [0.1, 0.15) is 6.33 Å². The lowest BCUT2D eigenvalue weighted by Gasteiger charge is -2.05. The van der Waals surface area contributed by atoms with Gasteiger partial charge in [-0.2, -0.15) is 0 Å². The third-order valence-corrected chi connectivity index (χ3v) is 6.08. The highest BCUT2D eigenvalue weighted by Crippen LogP contribution is 2.26. The molecule has 0 radical (unpaired) electrons. The van der Waals surface area contributed by atoms with E-state index >= 15 is 0 Å². The standard InChI is InChI=1S/C19H12Cl2N2O2S/c20-15-8-16(21)10-17(9-15)23-11-19(22-12-23)26(24,25)18-6-5-13-3-1-2-4-14(13)7-18/h1-12H. The lowest BCUT2D eigenvalue weighted by molar-refractivity contribution is 0.593. The van der Waals surface area contributed by atoms with Gasteiger partial charge >= 0.3 is 0 Å². The average Bonchev–Trinajstić information content (AvgIpc) is 3.11. The Bertz CT molecular complexity index is 1210. The second kappa shape index (κ2) is 6.43. The molecule has 0 atom stereocenters. The van der Waals surface area contributed by atoms with Crippen LogP contribution >= 0.6 is 23.2 Å². The van der Waals surface area contributed by atoms with E-state index in [1.165, 1.54) is 12.5 Å². The Kier molecular flexibility index (Phi) is 4.23. The van der Waals surface area contributed by atoms with Crippen molar-refractivity contribution in [2.45, 2.75) is 9.92 Å². The molecule has 0 spiro atoms. The highest BCUT2D eigenvalue weighted by molar-refractivity contribution is 7.91. The summed E-state index contributed by atoms with van der Waals surface area (Å²) < 4.78 is 27.4. The lowest BCUT2D eigenvalue weighted by Crippen LogP contribution is -2.02. The van der Waals surface area contributed by atoms with Crippen LogP contribution in [0.1, 0.15) is 0 Å². The molecule has 1 heterocycles. The topological polar surface area (TPSA) is 52.0 Å². The largest absolute Gasteiger partial charge is 0.305 e. The maximum Gasteiger partial charge on any atom is 0.225 e. The van der Waals surface area contributed by atoms with Crippen LogP contribution in [-0.4, -0.2) is 18.0 Å². The number of benzene rings is 3. The van der Waals surface area contributed by atoms with Gasteiger partial charge in [0, 0.05) is 21.9 Å². The second-order valence-corrected chi connectivity index (χ2v) is 8.53. The summed E-state index contributed by atoms with van der Waals surface area (Å²) in [5.74, 6) is 0. The minimum atomic E-state index is -3.74. The van der Waals surface area contributed by atoms with Crippen LogP contribution in [0.15, 0.2) is 83.1 Å². The van der Waals surface area contributed by atoms with E-state index in [1.807, 2.05) is 24.3 Å². The van der Waals surface area contributed by atoms with Crippen LogP contribution in [0.4, 0.5) is 0 Å². The van der Waals surface area contributed by atoms with E-state index in [9.17, 15) is 8.42 Å². The summed E-state index contributed by atoms with van der Waals surface area (Å²) in [5.41, 5.74) is 0.634. The molecule has 26 heavy (non-hydrogen) atoms. The predicted molar refractivity (Wildman–Crippen MR) is 103 cm³/mol. The number of fused-ring (bicyclic) bond motifs is 1. The third-order valence-electron chi connectivity index (χ3n) is 4.01. The van der Waals surface area contributed by atoms with Gasteiger partial charge in [0.25, 0.3) is 0 Å². The Balaban J connectivity index is 1.77. The zero-order valence-electron chi connectivity index (χ0n) is 13.3. The number of aromatic nitrogens is 2. The molecular formula is C19H12Cl2N2O2S. The van der Waals surface area contributed by atoms with Gasteiger partial charge in [0.05, 0.1) is 4.90 Å². The number of hydrogen-bond acceptors (Lipinski definition) is 3. The summed E-state index contributed by atoms with van der Waals surface area (Å²) in [7, 11) is -3.74. The smallest absolute Gasteiger partial charge is 0.225 e. The Morgan fingerprint density at radius 3 is 2.27 bits per heavy atom. The molecule has 130 valence electrons. The molecule has 3 aromatic carbocycles. The number of halogens is 2. The first-order chi connectivity index (χ1) is 12.4. The summed E-state index contributed by atoms with van der Waals surface area (Å²) >= 11 is 12.0. The molecule has 7 heteroatoms. The highest BCUT2D eigenvalue weighted by Gasteiger charge is 2.21. The fourth-order valence-electron chi connectivity index (χ4n) is 2.73. The third kappa shape index (κ3) is 3.09. The monoisotopic (exact) mass is 402 g/mol. The number of nitrogens with zero attached hydrogens (tertiary/aromatic N) is 2. The molecule has 0 saturated heterocycles. The van der Waals surface area contributed by atoms with Crippen LogP contribution in [0.5, 0.6) is 0 Å². The van der Waals surface area contributed by atoms with E-state index < -0.39 is 9.84 Å². The summed E-state index contributed by atoms with van der Waals surface area (Å²) in [6.07, 6.45) is 2.88. The average molecular weight is 403 g/mol. The predicted octanol–water partition coefficient (Wildman–Crippen LogP) is 5.17. The van der Waals surface area contributed by atoms with Crippen LogP contribution in [0.25, 0.3) is 16.5 Å². The Morgan fingerprint density at radius 2 is 1.54 bits per heavy atom. The molecule has 4 nitrogen and oxygen atoms in total. The van der Waals surface area contributed by atoms with Crippen molar-refractivity contribution in [1.29, 1.82) is 0 Å². The maximum atomic E-state index is 12.9. The molecule has 0 aliphatic heterocycles. The summed E-state index contributed by atoms with van der Waals surface area (Å²) in [4.78, 5) is 4.27. The van der Waals surface area contributed by atoms with E-state index in [0.29, 0.717) is 15.7 Å². The zero-order chi connectivity index (χ0) is 18.3. The highest BCUT2D eigenvalue weighted by atomic mass is 35.5. The molecule has 0 fully saturated rings. The van der Waals surface area contributed by atoms with Crippen molar-refractivity contribution in [3.63, 3.8) is 0 Å². The van der Waals surface area contributed by atoms with Crippen molar-refractivity contribution in [2.75, 3.05) is 0 Å². The SMILES string of the molecule is O=S(=O)(c1ccc2ccccc2c1)c1cn(-c2cc(Cl)cc(Cl)c2)cn1. The molecule has 4 rings (SSSR count). The summed E-state index contributed by atoms with van der Waals surface area (Å²) in [6, 6.07) is 17.6. The van der Waals surface area contributed by atoms with Crippen LogP contribution in [-0.2, 0) is 9.84 Å². The molecular weight excluding hydrogens is 391 g/mol. The van der Waals surface area contributed by atoms with Gasteiger partial charge in [-0.15, -0.1) is 0 Å². The zero-order valence-corrected chi connectivity index (χ0v) is 15.6. The van der Waals surface area contributed by atoms with E-state index in [4.69, 9.17) is 23.2 Å². The van der Waals surface area contributed by atoms with Gasteiger partial charge in [0.15, 0.2) is 5.03 Å². The Labute approximate surface area is 160 Å². The van der Waals surface area contributed by atoms with Gasteiger partial charge in [-0.1, -0.05) is 53.5 Å². The van der Waals surface area contributed by atoms with Crippen LogP contribution in [0.2, 0.25) is 10.0 Å². The van der Waals surface area contributed by atoms with Gasteiger partial charge in [-0.3, -0.25) is 0 Å². The lowest BCUT2D eigenvalue weighted by atomic mass is 10.1. The molecule has 1 aromatic heterocycles. The minimum absolute atomic E-state index is 0.0381. The van der Waals surface area contributed by atoms with Crippen molar-refractivity contribution in [1.82, 2.24) is 9.55 Å². The number of hydrogen-bond donors (Lipinski definition) is 0. The number of sulfone groups is 1. The van der Waals surface area contributed by atoms with E-state index in [0.717, 1.165) is 10.8 Å². The van der Waals surface area contributed by atoms with E-state index in [-0.39, 0.29) is 9.92 Å². The Morgan fingerprint density at radius 1 is 0.846 bits per heavy atom. The first-order valence-corrected chi connectivity index (χ1v) is 9.92. The molecule has 0 bridgehead atoms. The normalized spacial score (nSPS) is 11.8. The molecule has 0 unspecified atom stereocenters. The minimum Gasteiger partial charge on any atom is -0.305 e. The molecule has 0 amide bonds. The Hall–Kier alpha value is -2.34. The first-order valence-electron chi connectivity index (χ1n) is 7.68. The van der Waals surface area contributed by atoms with Crippen LogP contribution in [0.3, 0.4) is 0 Å². The van der Waals surface area contributed by atoms with Gasteiger partial charge in [0.2, 0.25) is 9.84 Å². The molecule has 0 aliphatic carbocycles. The van der Waals surface area contributed by atoms with Crippen molar-refractivity contribution in [2.24, 2.45) is 0 Å². The summed E-state index contributed by atoms with van der Waals surface area (Å²) in [6.45, 7) is 0. The molecule has 0 aliphatic rings. The van der Waals surface area contributed by atoms with Crippen LogP contribution in [0, 0.1) is 0 Å². The molecule has 0 saturated carbocycles.